The van der Waals surface area contributed by atoms with E-state index >= 15 is 0 Å². The third kappa shape index (κ3) is 86.5. The first-order valence-corrected chi connectivity index (χ1v) is 3.32. The molecule has 0 unspecified atom stereocenters. The molecule has 0 saturated carbocycles. The van der Waals surface area contributed by atoms with Crippen molar-refractivity contribution in [2.24, 2.45) is 0 Å². The van der Waals surface area contributed by atoms with Crippen LogP contribution in [-0.2, 0) is 194 Å². The molecule has 0 aromatic rings. The monoisotopic (exact) mass is 1030 g/mol. The van der Waals surface area contributed by atoms with Crippen molar-refractivity contribution < 1.29 is 194 Å². The van der Waals surface area contributed by atoms with Gasteiger partial charge in [-0.3, -0.25) is 0 Å². The summed E-state index contributed by atoms with van der Waals surface area (Å²) in [6.07, 6.45) is 5.95. The van der Waals surface area contributed by atoms with Gasteiger partial charge in [-0.1, -0.05) is 0 Å². The van der Waals surface area contributed by atoms with Crippen molar-refractivity contribution in [1.29, 1.82) is 0 Å². The van der Waals surface area contributed by atoms with Crippen molar-refractivity contribution in [3.05, 3.63) is 34.1 Å². The van der Waals surface area contributed by atoms with E-state index in [2.05, 4.69) is 34.1 Å². The predicted octanol–water partition coefficient (Wildman–Crippen LogP) is 3.06. The van der Waals surface area contributed by atoms with Crippen molar-refractivity contribution in [2.45, 2.75) is 25.7 Å². The molecule has 7 heteroatoms. The van der Waals surface area contributed by atoms with Gasteiger partial charge < -0.3 is 47.0 Å². The van der Waals surface area contributed by atoms with Gasteiger partial charge in [-0.25, -0.2) is 12.8 Å². The molecule has 0 aromatic carbocycles. The topological polar surface area (TPSA) is 0 Å². The van der Waals surface area contributed by atoms with Crippen LogP contribution in [0, 0.1) is 34.1 Å². The van der Waals surface area contributed by atoms with E-state index in [1.54, 1.807) is 0 Å². The fourth-order valence-corrected chi connectivity index (χ4v) is 0.289. The van der Waals surface area contributed by atoms with E-state index < -0.39 is 0 Å². The minimum absolute atomic E-state index is 0. The zero-order valence-corrected chi connectivity index (χ0v) is 29.9. The third-order valence-electron chi connectivity index (χ3n) is 0.612. The van der Waals surface area contributed by atoms with E-state index in [1.165, 1.54) is 0 Å². The van der Waals surface area contributed by atoms with Crippen molar-refractivity contribution >= 4 is 0 Å². The second-order valence-electron chi connectivity index (χ2n) is 1.57. The third-order valence-corrected chi connectivity index (χ3v) is 0.612. The van der Waals surface area contributed by atoms with E-state index in [0.717, 1.165) is 25.7 Å². The Kier molecular flexibility index (Phi) is 244. The minimum atomic E-state index is 0. The Morgan fingerprint density at radius 1 is 0.750 bits per heavy atom. The second-order valence-corrected chi connectivity index (χ2v) is 1.57. The molecule has 0 rings (SSSR count). The maximum absolute atomic E-state index is 3.66. The van der Waals surface area contributed by atoms with Crippen LogP contribution in [0.4, 0.5) is 0 Å². The summed E-state index contributed by atoms with van der Waals surface area (Å²) in [4.78, 5) is 0. The summed E-state index contributed by atoms with van der Waals surface area (Å²) >= 11 is 0. The first-order chi connectivity index (χ1) is 4.33. The molecular weight excluding hydrogens is 1020 g/mol. The quantitative estimate of drug-likeness (QED) is 0.302. The summed E-state index contributed by atoms with van der Waals surface area (Å²) in [5.41, 5.74) is 0. The molecule has 0 aliphatic carbocycles. The van der Waals surface area contributed by atoms with E-state index in [1.807, 2.05) is 0 Å². The molecule has 0 amide bonds. The van der Waals surface area contributed by atoms with Crippen LogP contribution in [0.1, 0.15) is 25.7 Å². The summed E-state index contributed by atoms with van der Waals surface area (Å²) in [6, 6.07) is 0. The molecule has 0 nitrogen and oxygen atoms in total. The molecule has 0 spiro atoms. The summed E-state index contributed by atoms with van der Waals surface area (Å²) in [5.74, 6) is 0. The molecule has 0 N–H and O–H groups in total. The van der Waals surface area contributed by atoms with Crippen molar-refractivity contribution in [2.75, 3.05) is 0 Å². The smallest absolute Gasteiger partial charge is 0.372 e. The largest absolute Gasteiger partial charge is 3.00 e. The molecular formula is C9H17W3Y4-2. The number of unbranched alkanes of at least 4 members (excludes halogenated alkanes) is 3. The maximum atomic E-state index is 3.66. The van der Waals surface area contributed by atoms with Gasteiger partial charge in [0.15, 0.2) is 0 Å². The Balaban J connectivity index is -0.00000000654. The average molecular weight is 1030 g/mol. The summed E-state index contributed by atoms with van der Waals surface area (Å²) in [5, 5.41) is 0. The van der Waals surface area contributed by atoms with Gasteiger partial charge in [0.2, 0.25) is 0 Å². The van der Waals surface area contributed by atoms with Crippen LogP contribution in [0.25, 0.3) is 0 Å². The Morgan fingerprint density at radius 2 is 1.00 bits per heavy atom. The van der Waals surface area contributed by atoms with Gasteiger partial charge in [-0.2, -0.15) is 0 Å². The maximum Gasteiger partial charge on any atom is 3.00 e. The van der Waals surface area contributed by atoms with Gasteiger partial charge in [0.25, 0.3) is 0 Å². The van der Waals surface area contributed by atoms with Crippen LogP contribution in [0.3, 0.4) is 0 Å². The molecule has 0 aliphatic rings. The average Bonchev–Trinajstić information content (AvgIpc) is 1.86. The van der Waals surface area contributed by atoms with E-state index in [9.17, 15) is 0 Å². The van der Waals surface area contributed by atoms with Gasteiger partial charge in [0.05, 0.1) is 0 Å². The van der Waals surface area contributed by atoms with Crippen molar-refractivity contribution in [3.8, 4) is 0 Å². The Bertz CT molecular complexity index is 41.9. The fraction of sp³-hybridized carbons (Fsp3) is 0.444. The summed E-state index contributed by atoms with van der Waals surface area (Å²) in [7, 11) is 0. The number of hydrogen-bond acceptors (Lipinski definition) is 0. The van der Waals surface area contributed by atoms with Crippen molar-refractivity contribution in [3.63, 3.8) is 0 Å². The Hall–Kier alpha value is 6.48. The van der Waals surface area contributed by atoms with Gasteiger partial charge >= 0.3 is 32.7 Å². The summed E-state index contributed by atoms with van der Waals surface area (Å²) in [6.45, 7) is 14.1. The van der Waals surface area contributed by atoms with E-state index in [4.69, 9.17) is 0 Å². The molecule has 0 saturated heterocycles. The molecule has 0 bridgehead atoms. The van der Waals surface area contributed by atoms with Gasteiger partial charge in [-0.15, -0.1) is 0 Å². The first-order valence-electron chi connectivity index (χ1n) is 3.32. The molecule has 16 heavy (non-hydrogen) atoms. The molecule has 0 heterocycles. The molecule has 0 aliphatic heterocycles. The molecule has 85 valence electrons. The van der Waals surface area contributed by atoms with Crippen LogP contribution in [0.5, 0.6) is 0 Å². The standard InChI is InChI=1S/C6H11.C3H6.3W.4Y/c1-3-5-6-4-2;1-3-2;;;;;;;/h5H,1-4,6H2;1-3H2;;;;;;;/q-3;-2;;;;;;;+3. The van der Waals surface area contributed by atoms with Gasteiger partial charge in [0, 0.05) is 161 Å². The van der Waals surface area contributed by atoms with Gasteiger partial charge in [-0.05, 0) is 0 Å². The zero-order chi connectivity index (χ0) is 7.54. The van der Waals surface area contributed by atoms with Crippen LogP contribution in [0.15, 0.2) is 0 Å². The zero-order valence-electron chi connectivity index (χ0n) is 9.77. The Morgan fingerprint density at radius 3 is 1.06 bits per heavy atom. The normalized spacial score (nSPS) is 4.50. The van der Waals surface area contributed by atoms with Crippen LogP contribution >= 0.6 is 0 Å². The predicted molar refractivity (Wildman–Crippen MR) is 44.2 cm³/mol. The molecule has 0 fully saturated rings. The van der Waals surface area contributed by atoms with Crippen LogP contribution in [-0.4, -0.2) is 0 Å². The SMILES string of the molecule is [CH2-]C[CH-]CC[CH2-].[CH2-]C[CH2-].[W].[W].[W].[Y+3].[Y].[Y].[Y]. The Labute approximate surface area is 247 Å². The number of hydrogen-bond donors (Lipinski definition) is 0. The molecule has 0 atom stereocenters. The first kappa shape index (κ1) is 57.1. The van der Waals surface area contributed by atoms with Gasteiger partial charge in [0.1, 0.15) is 0 Å². The van der Waals surface area contributed by atoms with Crippen molar-refractivity contribution in [1.82, 2.24) is 0 Å². The van der Waals surface area contributed by atoms with Crippen LogP contribution in [0.2, 0.25) is 0 Å². The number of rotatable bonds is 3. The summed E-state index contributed by atoms with van der Waals surface area (Å²) < 4.78 is 0. The fourth-order valence-electron chi connectivity index (χ4n) is 0.289. The van der Waals surface area contributed by atoms with Crippen LogP contribution < -0.4 is 0 Å². The molecule has 0 aromatic heterocycles. The van der Waals surface area contributed by atoms with E-state index in [-0.39, 0.29) is 194 Å². The molecule has 3 radical (unpaired) electrons. The van der Waals surface area contributed by atoms with E-state index in [0.29, 0.717) is 0 Å². The second kappa shape index (κ2) is 68.4. The minimum Gasteiger partial charge on any atom is -0.372 e.